The highest BCUT2D eigenvalue weighted by atomic mass is 32.1. The number of rotatable bonds is 23. The molecule has 0 saturated heterocycles. The van der Waals surface area contributed by atoms with Gasteiger partial charge in [-0.15, -0.1) is 0 Å². The van der Waals surface area contributed by atoms with Crippen molar-refractivity contribution in [3.8, 4) is 0 Å². The normalized spacial score (nSPS) is 10.7. The molecular weight excluding hydrogens is 480 g/mol. The molecule has 0 aliphatic heterocycles. The van der Waals surface area contributed by atoms with E-state index in [1.165, 1.54) is 89.0 Å². The van der Waals surface area contributed by atoms with Crippen molar-refractivity contribution >= 4 is 29.2 Å². The number of ether oxygens (including phenoxy) is 1. The molecule has 0 aliphatic carbocycles. The molecule has 2 N–H and O–H groups in total. The van der Waals surface area contributed by atoms with E-state index < -0.39 is 0 Å². The van der Waals surface area contributed by atoms with Gasteiger partial charge in [0, 0.05) is 19.4 Å². The fourth-order valence-corrected chi connectivity index (χ4v) is 4.54. The molecule has 1 aromatic rings. The Bertz CT molecular complexity index is 712. The Morgan fingerprint density at radius 3 is 1.89 bits per heavy atom. The van der Waals surface area contributed by atoms with Crippen LogP contribution in [0.5, 0.6) is 0 Å². The SMILES string of the molecule is CCCCCCCCCCCCCCCCNC(=S)NC(=O)CCCC(=O)OCCCc1ccccc1. The van der Waals surface area contributed by atoms with Crippen molar-refractivity contribution in [3.05, 3.63) is 35.9 Å². The predicted molar refractivity (Wildman–Crippen MR) is 159 cm³/mol. The highest BCUT2D eigenvalue weighted by Crippen LogP contribution is 2.12. The second-order valence-corrected chi connectivity index (χ2v) is 10.5. The molecule has 0 heterocycles. The quantitative estimate of drug-likeness (QED) is 0.0855. The second-order valence-electron chi connectivity index (χ2n) is 10.1. The number of carbonyl (C=O) groups excluding carboxylic acids is 2. The Kier molecular flexibility index (Phi) is 21.8. The van der Waals surface area contributed by atoms with Crippen molar-refractivity contribution in [3.63, 3.8) is 0 Å². The molecule has 0 atom stereocenters. The predicted octanol–water partition coefficient (Wildman–Crippen LogP) is 7.80. The monoisotopic (exact) mass is 532 g/mol. The van der Waals surface area contributed by atoms with E-state index in [0.717, 1.165) is 25.8 Å². The number of carbonyl (C=O) groups is 2. The lowest BCUT2D eigenvalue weighted by Gasteiger charge is -2.09. The van der Waals surface area contributed by atoms with E-state index in [0.29, 0.717) is 18.1 Å². The average molecular weight is 533 g/mol. The van der Waals surface area contributed by atoms with Crippen molar-refractivity contribution in [1.82, 2.24) is 10.6 Å². The van der Waals surface area contributed by atoms with Crippen LogP contribution < -0.4 is 10.6 Å². The summed E-state index contributed by atoms with van der Waals surface area (Å²) < 4.78 is 5.26. The molecule has 1 amide bonds. The van der Waals surface area contributed by atoms with Crippen molar-refractivity contribution < 1.29 is 14.3 Å². The highest BCUT2D eigenvalue weighted by molar-refractivity contribution is 7.80. The van der Waals surface area contributed by atoms with Crippen molar-refractivity contribution in [1.29, 1.82) is 0 Å². The fourth-order valence-electron chi connectivity index (χ4n) is 4.33. The number of nitrogens with one attached hydrogen (secondary N) is 2. The molecule has 0 saturated carbocycles. The van der Waals surface area contributed by atoms with Crippen LogP contribution in [-0.2, 0) is 20.7 Å². The molecule has 1 rings (SSSR count). The van der Waals surface area contributed by atoms with Gasteiger partial charge in [0.05, 0.1) is 6.61 Å². The van der Waals surface area contributed by atoms with E-state index in [1.807, 2.05) is 18.2 Å². The molecule has 0 radical (unpaired) electrons. The molecule has 0 bridgehead atoms. The van der Waals surface area contributed by atoms with Crippen LogP contribution in [0.3, 0.4) is 0 Å². The smallest absolute Gasteiger partial charge is 0.305 e. The number of hydrogen-bond donors (Lipinski definition) is 2. The minimum absolute atomic E-state index is 0.157. The van der Waals surface area contributed by atoms with Crippen LogP contribution in [0.1, 0.15) is 128 Å². The van der Waals surface area contributed by atoms with Gasteiger partial charge in [-0.25, -0.2) is 0 Å². The number of unbranched alkanes of at least 4 members (excludes halogenated alkanes) is 13. The molecule has 37 heavy (non-hydrogen) atoms. The zero-order chi connectivity index (χ0) is 26.8. The summed E-state index contributed by atoms with van der Waals surface area (Å²) in [5.41, 5.74) is 1.24. The number of esters is 1. The van der Waals surface area contributed by atoms with Gasteiger partial charge in [-0.3, -0.25) is 9.59 Å². The first-order valence-corrected chi connectivity index (χ1v) is 15.3. The first kappa shape index (κ1) is 33.1. The number of aryl methyl sites for hydroxylation is 1. The van der Waals surface area contributed by atoms with Crippen LogP contribution in [0.25, 0.3) is 0 Å². The maximum absolute atomic E-state index is 12.0. The van der Waals surface area contributed by atoms with E-state index in [9.17, 15) is 9.59 Å². The molecule has 0 unspecified atom stereocenters. The molecule has 0 aliphatic rings. The van der Waals surface area contributed by atoms with Crippen LogP contribution in [-0.4, -0.2) is 30.1 Å². The van der Waals surface area contributed by atoms with Gasteiger partial charge in [0.15, 0.2) is 5.11 Å². The molecule has 210 valence electrons. The third kappa shape index (κ3) is 21.8. The number of amides is 1. The summed E-state index contributed by atoms with van der Waals surface area (Å²) >= 11 is 5.21. The summed E-state index contributed by atoms with van der Waals surface area (Å²) in [4.78, 5) is 23.9. The summed E-state index contributed by atoms with van der Waals surface area (Å²) in [6.45, 7) is 3.46. The summed E-state index contributed by atoms with van der Waals surface area (Å²) in [6.07, 6.45) is 21.4. The number of benzene rings is 1. The summed E-state index contributed by atoms with van der Waals surface area (Å²) in [6, 6.07) is 10.1. The minimum atomic E-state index is -0.251. The van der Waals surface area contributed by atoms with Crippen LogP contribution >= 0.6 is 12.2 Å². The Morgan fingerprint density at radius 1 is 0.730 bits per heavy atom. The van der Waals surface area contributed by atoms with E-state index in [-0.39, 0.29) is 24.7 Å². The summed E-state index contributed by atoms with van der Waals surface area (Å²) in [5.74, 6) is -0.408. The molecule has 0 spiro atoms. The van der Waals surface area contributed by atoms with Gasteiger partial charge in [0.2, 0.25) is 5.91 Å². The van der Waals surface area contributed by atoms with Crippen molar-refractivity contribution in [2.24, 2.45) is 0 Å². The van der Waals surface area contributed by atoms with E-state index in [4.69, 9.17) is 17.0 Å². The third-order valence-corrected chi connectivity index (χ3v) is 6.82. The maximum Gasteiger partial charge on any atom is 0.305 e. The van der Waals surface area contributed by atoms with Crippen LogP contribution in [0.4, 0.5) is 0 Å². The van der Waals surface area contributed by atoms with Gasteiger partial charge >= 0.3 is 5.97 Å². The Hall–Kier alpha value is -1.95. The molecular formula is C31H52N2O3S. The zero-order valence-electron chi connectivity index (χ0n) is 23.4. The Labute approximate surface area is 231 Å². The van der Waals surface area contributed by atoms with Crippen LogP contribution in [0.2, 0.25) is 0 Å². The topological polar surface area (TPSA) is 67.4 Å². The van der Waals surface area contributed by atoms with Crippen LogP contribution in [0.15, 0.2) is 30.3 Å². The second kappa shape index (κ2) is 24.4. The molecule has 5 nitrogen and oxygen atoms in total. The molecule has 0 fully saturated rings. The number of hydrogen-bond acceptors (Lipinski definition) is 4. The van der Waals surface area contributed by atoms with Gasteiger partial charge in [0.1, 0.15) is 0 Å². The van der Waals surface area contributed by atoms with Gasteiger partial charge in [-0.1, -0.05) is 121 Å². The van der Waals surface area contributed by atoms with Gasteiger partial charge in [-0.05, 0) is 43.5 Å². The van der Waals surface area contributed by atoms with Crippen LogP contribution in [0, 0.1) is 0 Å². The fraction of sp³-hybridized carbons (Fsp3) is 0.710. The van der Waals surface area contributed by atoms with E-state index in [1.54, 1.807) is 0 Å². The van der Waals surface area contributed by atoms with Crippen molar-refractivity contribution in [2.45, 2.75) is 129 Å². The lowest BCUT2D eigenvalue weighted by molar-refractivity contribution is -0.143. The third-order valence-electron chi connectivity index (χ3n) is 6.57. The lowest BCUT2D eigenvalue weighted by Crippen LogP contribution is -2.39. The average Bonchev–Trinajstić information content (AvgIpc) is 2.89. The zero-order valence-corrected chi connectivity index (χ0v) is 24.2. The minimum Gasteiger partial charge on any atom is -0.466 e. The largest absolute Gasteiger partial charge is 0.466 e. The first-order valence-electron chi connectivity index (χ1n) is 14.9. The Morgan fingerprint density at radius 2 is 1.30 bits per heavy atom. The summed E-state index contributed by atoms with van der Waals surface area (Å²) in [5, 5.41) is 6.19. The molecule has 1 aromatic carbocycles. The van der Waals surface area contributed by atoms with E-state index in [2.05, 4.69) is 29.7 Å². The van der Waals surface area contributed by atoms with E-state index >= 15 is 0 Å². The van der Waals surface area contributed by atoms with Crippen molar-refractivity contribution in [2.75, 3.05) is 13.2 Å². The summed E-state index contributed by atoms with van der Waals surface area (Å²) in [7, 11) is 0. The van der Waals surface area contributed by atoms with Gasteiger partial charge in [-0.2, -0.15) is 0 Å². The lowest BCUT2D eigenvalue weighted by atomic mass is 10.0. The number of thiocarbonyl (C=S) groups is 1. The standard InChI is InChI=1S/C31H52N2O3S/c1-2-3-4-5-6-7-8-9-10-11-12-13-14-18-26-32-31(37)33-29(34)24-19-25-30(35)36-27-20-23-28-21-16-15-17-22-28/h15-17,21-22H,2-14,18-20,23-27H2,1H3,(H2,32,33,34,37). The highest BCUT2D eigenvalue weighted by Gasteiger charge is 2.08. The molecule has 0 aromatic heterocycles. The first-order chi connectivity index (χ1) is 18.1. The maximum atomic E-state index is 12.0. The van der Waals surface area contributed by atoms with Gasteiger partial charge < -0.3 is 15.4 Å². The Balaban J connectivity index is 1.85. The van der Waals surface area contributed by atoms with Gasteiger partial charge in [0.25, 0.3) is 0 Å². The molecule has 6 heteroatoms.